The van der Waals surface area contributed by atoms with E-state index < -0.39 is 10.8 Å². The van der Waals surface area contributed by atoms with Crippen molar-refractivity contribution in [2.75, 3.05) is 5.75 Å². The van der Waals surface area contributed by atoms with E-state index in [1.807, 2.05) is 24.3 Å². The minimum atomic E-state index is -0.805. The lowest BCUT2D eigenvalue weighted by Crippen LogP contribution is -2.17. The van der Waals surface area contributed by atoms with Crippen molar-refractivity contribution < 1.29 is 4.21 Å². The molecule has 0 saturated carbocycles. The highest BCUT2D eigenvalue weighted by Gasteiger charge is 2.24. The molecule has 2 rings (SSSR count). The molecule has 0 aliphatic carbocycles. The Morgan fingerprint density at radius 2 is 2.06 bits per heavy atom. The van der Waals surface area contributed by atoms with Crippen molar-refractivity contribution in [2.45, 2.75) is 25.5 Å². The zero-order valence-electron chi connectivity index (χ0n) is 9.50. The predicted molar refractivity (Wildman–Crippen MR) is 70.2 cm³/mol. The molecule has 86 valence electrons. The summed E-state index contributed by atoms with van der Waals surface area (Å²) in [6.45, 7) is 4.20. The minimum Gasteiger partial charge on any atom is -0.259 e. The van der Waals surface area contributed by atoms with Crippen molar-refractivity contribution in [1.82, 2.24) is 0 Å². The highest BCUT2D eigenvalue weighted by molar-refractivity contribution is 7.85. The molecule has 1 aromatic rings. The zero-order valence-corrected chi connectivity index (χ0v) is 11.1. The van der Waals surface area contributed by atoms with Crippen molar-refractivity contribution in [1.29, 1.82) is 0 Å². The largest absolute Gasteiger partial charge is 0.259 e. The number of rotatable bonds is 1. The molecule has 3 heteroatoms. The molecule has 2 atom stereocenters. The van der Waals surface area contributed by atoms with Crippen molar-refractivity contribution >= 4 is 22.4 Å². The maximum Gasteiger partial charge on any atom is 0.0637 e. The summed E-state index contributed by atoms with van der Waals surface area (Å²) >= 11 is 5.97. The molecule has 0 N–H and O–H groups in total. The lowest BCUT2D eigenvalue weighted by atomic mass is 10.0. The van der Waals surface area contributed by atoms with Crippen LogP contribution in [0.4, 0.5) is 0 Å². The van der Waals surface area contributed by atoms with Crippen LogP contribution in [0.5, 0.6) is 0 Å². The number of hydrogen-bond donors (Lipinski definition) is 0. The second-order valence-corrected chi connectivity index (χ2v) is 6.39. The minimum absolute atomic E-state index is 0.113. The average molecular weight is 255 g/mol. The Morgan fingerprint density at radius 3 is 2.75 bits per heavy atom. The molecule has 0 fully saturated rings. The molecular weight excluding hydrogens is 240 g/mol. The van der Waals surface area contributed by atoms with Gasteiger partial charge in [0.2, 0.25) is 0 Å². The van der Waals surface area contributed by atoms with Crippen LogP contribution < -0.4 is 0 Å². The maximum atomic E-state index is 12.1. The fourth-order valence-corrected chi connectivity index (χ4v) is 3.92. The standard InChI is InChI=1S/C13H15ClOS/c1-9-6-13(16(15)8-10(9)2)11-4-3-5-12(14)7-11/h3-5,7,13H,6,8H2,1-2H3/t13-,16?/m1/s1. The van der Waals surface area contributed by atoms with Gasteiger partial charge >= 0.3 is 0 Å². The third-order valence-corrected chi connectivity index (χ3v) is 5.14. The van der Waals surface area contributed by atoms with Gasteiger partial charge in [0, 0.05) is 21.6 Å². The number of benzene rings is 1. The van der Waals surface area contributed by atoms with Crippen LogP contribution in [-0.4, -0.2) is 9.96 Å². The Kier molecular flexibility index (Phi) is 3.50. The quantitative estimate of drug-likeness (QED) is 0.696. The van der Waals surface area contributed by atoms with Crippen LogP contribution >= 0.6 is 11.6 Å². The highest BCUT2D eigenvalue weighted by atomic mass is 35.5. The predicted octanol–water partition coefficient (Wildman–Crippen LogP) is 3.87. The topological polar surface area (TPSA) is 17.1 Å². The van der Waals surface area contributed by atoms with Gasteiger partial charge < -0.3 is 0 Å². The van der Waals surface area contributed by atoms with E-state index in [-0.39, 0.29) is 5.25 Å². The van der Waals surface area contributed by atoms with Gasteiger partial charge in [-0.3, -0.25) is 4.21 Å². The van der Waals surface area contributed by atoms with E-state index in [0.29, 0.717) is 5.75 Å². The summed E-state index contributed by atoms with van der Waals surface area (Å²) in [5.74, 6) is 0.697. The van der Waals surface area contributed by atoms with Crippen LogP contribution in [0.2, 0.25) is 5.02 Å². The molecule has 1 aromatic carbocycles. The molecular formula is C13H15ClOS. The van der Waals surface area contributed by atoms with Gasteiger partial charge in [0.15, 0.2) is 0 Å². The normalized spacial score (nSPS) is 25.9. The van der Waals surface area contributed by atoms with Crippen molar-refractivity contribution in [2.24, 2.45) is 0 Å². The van der Waals surface area contributed by atoms with E-state index in [9.17, 15) is 4.21 Å². The van der Waals surface area contributed by atoms with Gasteiger partial charge in [-0.2, -0.15) is 0 Å². The van der Waals surface area contributed by atoms with E-state index >= 15 is 0 Å². The van der Waals surface area contributed by atoms with Crippen molar-refractivity contribution in [3.8, 4) is 0 Å². The summed E-state index contributed by atoms with van der Waals surface area (Å²) in [4.78, 5) is 0. The monoisotopic (exact) mass is 254 g/mol. The van der Waals surface area contributed by atoms with E-state index in [0.717, 1.165) is 17.0 Å². The van der Waals surface area contributed by atoms with Crippen LogP contribution in [-0.2, 0) is 10.8 Å². The molecule has 1 nitrogen and oxygen atoms in total. The molecule has 0 amide bonds. The fourth-order valence-electron chi connectivity index (χ4n) is 1.96. The van der Waals surface area contributed by atoms with Gasteiger partial charge in [0.05, 0.1) is 5.25 Å². The molecule has 0 spiro atoms. The third-order valence-electron chi connectivity index (χ3n) is 3.12. The first-order chi connectivity index (χ1) is 7.58. The zero-order chi connectivity index (χ0) is 11.7. The first-order valence-corrected chi connectivity index (χ1v) is 7.12. The van der Waals surface area contributed by atoms with E-state index in [1.165, 1.54) is 11.1 Å². The molecule has 1 aliphatic heterocycles. The van der Waals surface area contributed by atoms with E-state index in [4.69, 9.17) is 11.6 Å². The van der Waals surface area contributed by atoms with Crippen molar-refractivity contribution in [3.05, 3.63) is 46.0 Å². The van der Waals surface area contributed by atoms with Crippen LogP contribution in [0.25, 0.3) is 0 Å². The highest BCUT2D eigenvalue weighted by Crippen LogP contribution is 2.34. The van der Waals surface area contributed by atoms with Crippen LogP contribution in [0.15, 0.2) is 35.4 Å². The molecule has 0 radical (unpaired) electrons. The second kappa shape index (κ2) is 4.72. The first kappa shape index (κ1) is 11.9. The fraction of sp³-hybridized carbons (Fsp3) is 0.385. The Morgan fingerprint density at radius 1 is 1.31 bits per heavy atom. The van der Waals surface area contributed by atoms with Gasteiger partial charge in [-0.15, -0.1) is 0 Å². The Bertz CT molecular complexity index is 465. The van der Waals surface area contributed by atoms with Gasteiger partial charge in [-0.05, 0) is 38.0 Å². The SMILES string of the molecule is CC1=C(C)CS(=O)[C@@H](c2cccc(Cl)c2)C1. The maximum absolute atomic E-state index is 12.1. The summed E-state index contributed by atoms with van der Waals surface area (Å²) in [6.07, 6.45) is 0.888. The van der Waals surface area contributed by atoms with Crippen LogP contribution in [0.1, 0.15) is 31.1 Å². The molecule has 1 unspecified atom stereocenters. The van der Waals surface area contributed by atoms with Gasteiger partial charge in [-0.1, -0.05) is 34.9 Å². The average Bonchev–Trinajstić information content (AvgIpc) is 2.23. The number of allylic oxidation sites excluding steroid dienone is 1. The van der Waals surface area contributed by atoms with Crippen LogP contribution in [0, 0.1) is 0 Å². The smallest absolute Gasteiger partial charge is 0.0637 e. The van der Waals surface area contributed by atoms with Gasteiger partial charge in [0.25, 0.3) is 0 Å². The van der Waals surface area contributed by atoms with E-state index in [1.54, 1.807) is 0 Å². The molecule has 0 bridgehead atoms. The van der Waals surface area contributed by atoms with Gasteiger partial charge in [-0.25, -0.2) is 0 Å². The van der Waals surface area contributed by atoms with E-state index in [2.05, 4.69) is 13.8 Å². The second-order valence-electron chi connectivity index (χ2n) is 4.33. The third kappa shape index (κ3) is 2.38. The molecule has 16 heavy (non-hydrogen) atoms. The Hall–Kier alpha value is -0.600. The molecule has 0 aromatic heterocycles. The Labute approximate surface area is 104 Å². The molecule has 1 aliphatic rings. The molecule has 0 saturated heterocycles. The Balaban J connectivity index is 2.33. The first-order valence-electron chi connectivity index (χ1n) is 5.36. The summed E-state index contributed by atoms with van der Waals surface area (Å²) in [5.41, 5.74) is 3.74. The van der Waals surface area contributed by atoms with Gasteiger partial charge in [0.1, 0.15) is 0 Å². The molecule has 1 heterocycles. The number of hydrogen-bond acceptors (Lipinski definition) is 1. The summed E-state index contributed by atoms with van der Waals surface area (Å²) in [7, 11) is -0.805. The lowest BCUT2D eigenvalue weighted by Gasteiger charge is -2.24. The summed E-state index contributed by atoms with van der Waals surface area (Å²) < 4.78 is 12.1. The summed E-state index contributed by atoms with van der Waals surface area (Å²) in [6, 6.07) is 7.72. The van der Waals surface area contributed by atoms with Crippen molar-refractivity contribution in [3.63, 3.8) is 0 Å². The summed E-state index contributed by atoms with van der Waals surface area (Å²) in [5, 5.41) is 0.834. The van der Waals surface area contributed by atoms with Crippen LogP contribution in [0.3, 0.4) is 0 Å². The number of halogens is 1. The lowest BCUT2D eigenvalue weighted by molar-refractivity contribution is 0.667.